The van der Waals surface area contributed by atoms with E-state index in [2.05, 4.69) is 26.5 Å². The average Bonchev–Trinajstić information content (AvgIpc) is 3.04. The lowest BCUT2D eigenvalue weighted by Crippen LogP contribution is -2.17. The molecule has 7 heteroatoms. The largest absolute Gasteiger partial charge is 0.455 e. The highest BCUT2D eigenvalue weighted by atomic mass is 79.9. The van der Waals surface area contributed by atoms with Gasteiger partial charge in [0.2, 0.25) is 0 Å². The minimum absolute atomic E-state index is 0.139. The molecule has 0 fully saturated rings. The van der Waals surface area contributed by atoms with E-state index in [1.807, 2.05) is 0 Å². The zero-order chi connectivity index (χ0) is 17.8. The first-order valence-corrected chi connectivity index (χ1v) is 7.96. The molecule has 0 bridgehead atoms. The summed E-state index contributed by atoms with van der Waals surface area (Å²) in [6.45, 7) is 0. The number of furan rings is 1. The fraction of sp³-hybridized carbons (Fsp3) is 0. The molecule has 0 saturated heterocycles. The van der Waals surface area contributed by atoms with Crippen molar-refractivity contribution in [3.05, 3.63) is 82.0 Å². The van der Waals surface area contributed by atoms with Gasteiger partial charge in [-0.2, -0.15) is 5.10 Å². The number of hydrazone groups is 1. The Balaban J connectivity index is 1.67. The highest BCUT2D eigenvalue weighted by molar-refractivity contribution is 9.10. The molecule has 4 nitrogen and oxygen atoms in total. The Labute approximate surface area is 150 Å². The van der Waals surface area contributed by atoms with E-state index in [-0.39, 0.29) is 17.2 Å². The molecule has 25 heavy (non-hydrogen) atoms. The van der Waals surface area contributed by atoms with Crippen molar-refractivity contribution in [1.29, 1.82) is 0 Å². The Morgan fingerprint density at radius 1 is 1.08 bits per heavy atom. The van der Waals surface area contributed by atoms with Gasteiger partial charge in [-0.05, 0) is 48.5 Å². The van der Waals surface area contributed by atoms with Gasteiger partial charge in [0.25, 0.3) is 5.91 Å². The molecular formula is C18H11BrF2N2O2. The molecule has 1 N–H and O–H groups in total. The predicted octanol–water partition coefficient (Wildman–Crippen LogP) is 4.75. The third-order valence-electron chi connectivity index (χ3n) is 3.29. The van der Waals surface area contributed by atoms with E-state index in [9.17, 15) is 13.6 Å². The number of carbonyl (C=O) groups excluding carboxylic acids is 1. The highest BCUT2D eigenvalue weighted by Crippen LogP contribution is 2.25. The van der Waals surface area contributed by atoms with E-state index >= 15 is 0 Å². The van der Waals surface area contributed by atoms with Crippen LogP contribution in [-0.4, -0.2) is 12.1 Å². The molecule has 1 amide bonds. The van der Waals surface area contributed by atoms with Crippen LogP contribution in [0.1, 0.15) is 16.1 Å². The van der Waals surface area contributed by atoms with Gasteiger partial charge in [-0.3, -0.25) is 4.79 Å². The van der Waals surface area contributed by atoms with Crippen molar-refractivity contribution in [2.75, 3.05) is 0 Å². The Kier molecular flexibility index (Phi) is 5.04. The molecule has 3 aromatic rings. The number of amides is 1. The van der Waals surface area contributed by atoms with E-state index in [1.54, 1.807) is 30.3 Å². The fourth-order valence-corrected chi connectivity index (χ4v) is 2.34. The van der Waals surface area contributed by atoms with Gasteiger partial charge >= 0.3 is 0 Å². The van der Waals surface area contributed by atoms with Gasteiger partial charge < -0.3 is 4.42 Å². The molecule has 1 aromatic heterocycles. The lowest BCUT2D eigenvalue weighted by molar-refractivity contribution is 0.0955. The van der Waals surface area contributed by atoms with Crippen LogP contribution in [0, 0.1) is 11.6 Å². The highest BCUT2D eigenvalue weighted by Gasteiger charge is 2.10. The average molecular weight is 405 g/mol. The van der Waals surface area contributed by atoms with Gasteiger partial charge in [0.05, 0.1) is 11.8 Å². The maximum Gasteiger partial charge on any atom is 0.271 e. The van der Waals surface area contributed by atoms with Crippen molar-refractivity contribution in [3.8, 4) is 11.3 Å². The summed E-state index contributed by atoms with van der Waals surface area (Å²) in [5.74, 6) is -1.21. The van der Waals surface area contributed by atoms with E-state index in [1.165, 1.54) is 18.3 Å². The van der Waals surface area contributed by atoms with E-state index < -0.39 is 11.6 Å². The van der Waals surface area contributed by atoms with Crippen molar-refractivity contribution in [3.63, 3.8) is 0 Å². The lowest BCUT2D eigenvalue weighted by Gasteiger charge is -2.00. The maximum atomic E-state index is 13.7. The number of rotatable bonds is 4. The molecule has 0 aliphatic carbocycles. The molecule has 0 unspecified atom stereocenters. The molecule has 3 rings (SSSR count). The van der Waals surface area contributed by atoms with Crippen LogP contribution in [0.5, 0.6) is 0 Å². The lowest BCUT2D eigenvalue weighted by atomic mass is 10.1. The second-order valence-corrected chi connectivity index (χ2v) is 5.95. The Morgan fingerprint density at radius 3 is 2.56 bits per heavy atom. The SMILES string of the molecule is O=C(N/N=C\c1ccc(-c2ccc(F)cc2F)o1)c1ccc(Br)cc1. The first-order chi connectivity index (χ1) is 12.0. The fourth-order valence-electron chi connectivity index (χ4n) is 2.08. The van der Waals surface area contributed by atoms with Crippen molar-refractivity contribution in [2.24, 2.45) is 5.10 Å². The second kappa shape index (κ2) is 7.40. The Bertz CT molecular complexity index is 937. The van der Waals surface area contributed by atoms with E-state index in [0.717, 1.165) is 16.6 Å². The zero-order valence-electron chi connectivity index (χ0n) is 12.7. The number of hydrogen-bond acceptors (Lipinski definition) is 3. The number of nitrogens with one attached hydrogen (secondary N) is 1. The van der Waals surface area contributed by atoms with Crippen LogP contribution in [0.2, 0.25) is 0 Å². The normalized spacial score (nSPS) is 11.0. The minimum atomic E-state index is -0.721. The van der Waals surface area contributed by atoms with Crippen LogP contribution in [0.15, 0.2) is 68.6 Å². The summed E-state index contributed by atoms with van der Waals surface area (Å²) in [6.07, 6.45) is 1.29. The second-order valence-electron chi connectivity index (χ2n) is 5.03. The van der Waals surface area contributed by atoms with E-state index in [0.29, 0.717) is 11.3 Å². The maximum absolute atomic E-state index is 13.7. The quantitative estimate of drug-likeness (QED) is 0.503. The van der Waals surface area contributed by atoms with Crippen LogP contribution in [0.3, 0.4) is 0 Å². The number of hydrogen-bond donors (Lipinski definition) is 1. The van der Waals surface area contributed by atoms with Crippen molar-refractivity contribution >= 4 is 28.1 Å². The topological polar surface area (TPSA) is 54.6 Å². The summed E-state index contributed by atoms with van der Waals surface area (Å²) in [6, 6.07) is 13.1. The van der Waals surface area contributed by atoms with Crippen LogP contribution in [-0.2, 0) is 0 Å². The Hall–Kier alpha value is -2.80. The standard InChI is InChI=1S/C18H11BrF2N2O2/c19-12-3-1-11(2-4-12)18(24)23-22-10-14-6-8-17(25-14)15-7-5-13(20)9-16(15)21/h1-10H,(H,23,24)/b22-10-. The summed E-state index contributed by atoms with van der Waals surface area (Å²) in [5, 5.41) is 3.80. The first-order valence-electron chi connectivity index (χ1n) is 7.17. The monoisotopic (exact) mass is 404 g/mol. The first kappa shape index (κ1) is 17.0. The summed E-state index contributed by atoms with van der Waals surface area (Å²) >= 11 is 3.29. The third-order valence-corrected chi connectivity index (χ3v) is 3.82. The molecule has 2 aromatic carbocycles. The van der Waals surface area contributed by atoms with Crippen LogP contribution in [0.25, 0.3) is 11.3 Å². The molecule has 0 radical (unpaired) electrons. The summed E-state index contributed by atoms with van der Waals surface area (Å²) in [4.78, 5) is 11.9. The van der Waals surface area contributed by atoms with E-state index in [4.69, 9.17) is 4.42 Å². The van der Waals surface area contributed by atoms with Crippen molar-refractivity contribution in [1.82, 2.24) is 5.43 Å². The molecule has 0 saturated carbocycles. The van der Waals surface area contributed by atoms with Gasteiger partial charge in [0.15, 0.2) is 0 Å². The predicted molar refractivity (Wildman–Crippen MR) is 93.3 cm³/mol. The third kappa shape index (κ3) is 4.19. The molecule has 126 valence electrons. The molecule has 0 aliphatic rings. The smallest absolute Gasteiger partial charge is 0.271 e. The van der Waals surface area contributed by atoms with Crippen molar-refractivity contribution < 1.29 is 18.0 Å². The minimum Gasteiger partial charge on any atom is -0.455 e. The summed E-state index contributed by atoms with van der Waals surface area (Å²) < 4.78 is 33.0. The number of carbonyl (C=O) groups is 1. The van der Waals surface area contributed by atoms with Gasteiger partial charge in [-0.15, -0.1) is 0 Å². The molecule has 0 atom stereocenters. The Morgan fingerprint density at radius 2 is 1.84 bits per heavy atom. The molecular weight excluding hydrogens is 394 g/mol. The molecule has 0 spiro atoms. The van der Waals surface area contributed by atoms with Gasteiger partial charge in [0.1, 0.15) is 23.2 Å². The molecule has 1 heterocycles. The number of nitrogens with zero attached hydrogens (tertiary/aromatic N) is 1. The summed E-state index contributed by atoms with van der Waals surface area (Å²) in [7, 11) is 0. The number of benzene rings is 2. The molecule has 0 aliphatic heterocycles. The zero-order valence-corrected chi connectivity index (χ0v) is 14.3. The van der Waals surface area contributed by atoms with Crippen LogP contribution < -0.4 is 5.43 Å². The van der Waals surface area contributed by atoms with Gasteiger partial charge in [-0.1, -0.05) is 15.9 Å². The summed E-state index contributed by atoms with van der Waals surface area (Å²) in [5.41, 5.74) is 2.96. The van der Waals surface area contributed by atoms with Crippen LogP contribution >= 0.6 is 15.9 Å². The number of halogens is 3. The van der Waals surface area contributed by atoms with Gasteiger partial charge in [0, 0.05) is 16.1 Å². The van der Waals surface area contributed by atoms with Crippen LogP contribution in [0.4, 0.5) is 8.78 Å². The van der Waals surface area contributed by atoms with Gasteiger partial charge in [-0.25, -0.2) is 14.2 Å². The van der Waals surface area contributed by atoms with Crippen molar-refractivity contribution in [2.45, 2.75) is 0 Å².